The number of hydrogen-bond donors (Lipinski definition) is 0. The summed E-state index contributed by atoms with van der Waals surface area (Å²) in [5, 5.41) is 4.87. The molecule has 160 valence electrons. The summed E-state index contributed by atoms with van der Waals surface area (Å²) in [6, 6.07) is 10.4. The Kier molecular flexibility index (Phi) is 5.28. The van der Waals surface area contributed by atoms with E-state index in [1.807, 2.05) is 21.7 Å². The number of piperidine rings is 1. The first-order valence-corrected chi connectivity index (χ1v) is 10.8. The van der Waals surface area contributed by atoms with E-state index < -0.39 is 0 Å². The molecule has 4 heterocycles. The van der Waals surface area contributed by atoms with Gasteiger partial charge in [0.1, 0.15) is 11.5 Å². The minimum absolute atomic E-state index is 0.103. The van der Waals surface area contributed by atoms with E-state index in [0.29, 0.717) is 19.6 Å². The molecule has 7 heteroatoms. The quantitative estimate of drug-likeness (QED) is 0.653. The molecule has 31 heavy (non-hydrogen) atoms. The van der Waals surface area contributed by atoms with Gasteiger partial charge in [0.2, 0.25) is 5.91 Å². The van der Waals surface area contributed by atoms with Gasteiger partial charge < -0.3 is 9.80 Å². The fourth-order valence-corrected chi connectivity index (χ4v) is 4.65. The Bertz CT molecular complexity index is 1070. The minimum Gasteiger partial charge on any atom is -0.335 e. The maximum atomic E-state index is 13.5. The van der Waals surface area contributed by atoms with Crippen molar-refractivity contribution in [1.29, 1.82) is 0 Å². The smallest absolute Gasteiger partial charge is 0.226 e. The maximum Gasteiger partial charge on any atom is 0.226 e. The number of nitrogens with zero attached hydrogens (tertiary/aromatic N) is 5. The van der Waals surface area contributed by atoms with Crippen molar-refractivity contribution in [1.82, 2.24) is 24.6 Å². The topological polar surface area (TPSA) is 54.3 Å². The SMILES string of the molecule is CN1CCC(C(=O)N2CCn3nc(-c4ccc(F)cc4)c(-c4ccncc4)c3C2)CC1. The summed E-state index contributed by atoms with van der Waals surface area (Å²) >= 11 is 0. The van der Waals surface area contributed by atoms with Crippen molar-refractivity contribution < 1.29 is 9.18 Å². The third-order valence-electron chi connectivity index (χ3n) is 6.45. The van der Waals surface area contributed by atoms with Crippen molar-refractivity contribution in [2.45, 2.75) is 25.9 Å². The molecule has 3 aromatic rings. The Morgan fingerprint density at radius 1 is 0.968 bits per heavy atom. The Labute approximate surface area is 181 Å². The molecule has 1 amide bonds. The monoisotopic (exact) mass is 419 g/mol. The van der Waals surface area contributed by atoms with Crippen LogP contribution in [0.5, 0.6) is 0 Å². The number of pyridine rings is 1. The molecule has 0 radical (unpaired) electrons. The van der Waals surface area contributed by atoms with Crippen LogP contribution >= 0.6 is 0 Å². The standard InChI is InChI=1S/C24H26FN5O/c1-28-12-8-19(9-13-28)24(31)29-14-15-30-21(16-29)22(17-6-10-26-11-7-17)23(27-30)18-2-4-20(25)5-3-18/h2-7,10-11,19H,8-9,12-16H2,1H3. The van der Waals surface area contributed by atoms with Crippen LogP contribution in [0.1, 0.15) is 18.5 Å². The number of carbonyl (C=O) groups excluding carboxylic acids is 1. The summed E-state index contributed by atoms with van der Waals surface area (Å²) in [7, 11) is 2.11. The van der Waals surface area contributed by atoms with Crippen LogP contribution < -0.4 is 0 Å². The average Bonchev–Trinajstić information content (AvgIpc) is 3.19. The summed E-state index contributed by atoms with van der Waals surface area (Å²) in [6.07, 6.45) is 5.36. The second-order valence-corrected chi connectivity index (χ2v) is 8.47. The van der Waals surface area contributed by atoms with Crippen molar-refractivity contribution in [3.05, 3.63) is 60.3 Å². The predicted octanol–water partition coefficient (Wildman–Crippen LogP) is 3.44. The van der Waals surface area contributed by atoms with Crippen LogP contribution in [-0.4, -0.2) is 57.2 Å². The van der Waals surface area contributed by atoms with Gasteiger partial charge in [0.25, 0.3) is 0 Å². The number of amides is 1. The van der Waals surface area contributed by atoms with Crippen LogP contribution in [0.15, 0.2) is 48.8 Å². The fourth-order valence-electron chi connectivity index (χ4n) is 4.65. The highest BCUT2D eigenvalue weighted by Gasteiger charge is 2.32. The van der Waals surface area contributed by atoms with E-state index in [-0.39, 0.29) is 17.6 Å². The van der Waals surface area contributed by atoms with Gasteiger partial charge in [-0.05, 0) is 74.9 Å². The lowest BCUT2D eigenvalue weighted by Gasteiger charge is -2.34. The molecule has 6 nitrogen and oxygen atoms in total. The van der Waals surface area contributed by atoms with Gasteiger partial charge in [-0.15, -0.1) is 0 Å². The molecule has 2 aliphatic rings. The van der Waals surface area contributed by atoms with Crippen LogP contribution in [0, 0.1) is 11.7 Å². The lowest BCUT2D eigenvalue weighted by Crippen LogP contribution is -2.44. The molecule has 0 aliphatic carbocycles. The molecule has 1 fully saturated rings. The van der Waals surface area contributed by atoms with E-state index in [2.05, 4.69) is 16.9 Å². The van der Waals surface area contributed by atoms with E-state index >= 15 is 0 Å². The number of fused-ring (bicyclic) bond motifs is 1. The number of benzene rings is 1. The van der Waals surface area contributed by atoms with Gasteiger partial charge in [-0.3, -0.25) is 14.5 Å². The third-order valence-corrected chi connectivity index (χ3v) is 6.45. The van der Waals surface area contributed by atoms with Crippen LogP contribution in [-0.2, 0) is 17.9 Å². The molecule has 0 saturated carbocycles. The van der Waals surface area contributed by atoms with Gasteiger partial charge in [0.05, 0.1) is 18.8 Å². The normalized spacial score (nSPS) is 17.5. The Morgan fingerprint density at radius 2 is 1.68 bits per heavy atom. The molecule has 2 aliphatic heterocycles. The third kappa shape index (κ3) is 3.85. The first-order valence-electron chi connectivity index (χ1n) is 10.8. The van der Waals surface area contributed by atoms with E-state index in [4.69, 9.17) is 5.10 Å². The van der Waals surface area contributed by atoms with Crippen LogP contribution in [0.25, 0.3) is 22.4 Å². The van der Waals surface area contributed by atoms with E-state index in [1.165, 1.54) is 12.1 Å². The molecule has 0 bridgehead atoms. The number of halogens is 1. The van der Waals surface area contributed by atoms with Gasteiger partial charge >= 0.3 is 0 Å². The molecule has 0 unspecified atom stereocenters. The van der Waals surface area contributed by atoms with Crippen molar-refractivity contribution in [3.63, 3.8) is 0 Å². The first kappa shape index (κ1) is 19.9. The Hall–Kier alpha value is -3.06. The van der Waals surface area contributed by atoms with Gasteiger partial charge in [0, 0.05) is 36.0 Å². The van der Waals surface area contributed by atoms with Gasteiger partial charge in [-0.2, -0.15) is 5.10 Å². The van der Waals surface area contributed by atoms with Crippen molar-refractivity contribution >= 4 is 5.91 Å². The highest BCUT2D eigenvalue weighted by Crippen LogP contribution is 2.36. The van der Waals surface area contributed by atoms with Crippen molar-refractivity contribution in [2.24, 2.45) is 5.92 Å². The number of aromatic nitrogens is 3. The number of rotatable bonds is 3. The second kappa shape index (κ2) is 8.23. The number of hydrogen-bond acceptors (Lipinski definition) is 4. The van der Waals surface area contributed by atoms with Crippen LogP contribution in [0.2, 0.25) is 0 Å². The predicted molar refractivity (Wildman–Crippen MR) is 116 cm³/mol. The van der Waals surface area contributed by atoms with Gasteiger partial charge in [-0.1, -0.05) is 0 Å². The summed E-state index contributed by atoms with van der Waals surface area (Å²) in [5.41, 5.74) is 4.70. The maximum absolute atomic E-state index is 13.5. The fraction of sp³-hybridized carbons (Fsp3) is 0.375. The van der Waals surface area contributed by atoms with Crippen LogP contribution in [0.4, 0.5) is 4.39 Å². The Morgan fingerprint density at radius 3 is 2.39 bits per heavy atom. The Balaban J connectivity index is 1.51. The molecule has 0 N–H and O–H groups in total. The van der Waals surface area contributed by atoms with Crippen molar-refractivity contribution in [3.8, 4) is 22.4 Å². The zero-order valence-electron chi connectivity index (χ0n) is 17.7. The summed E-state index contributed by atoms with van der Waals surface area (Å²) in [6.45, 7) is 3.81. The van der Waals surface area contributed by atoms with E-state index in [9.17, 15) is 9.18 Å². The summed E-state index contributed by atoms with van der Waals surface area (Å²) in [5.74, 6) is 0.0873. The largest absolute Gasteiger partial charge is 0.335 e. The second-order valence-electron chi connectivity index (χ2n) is 8.47. The summed E-state index contributed by atoms with van der Waals surface area (Å²) < 4.78 is 15.5. The zero-order valence-corrected chi connectivity index (χ0v) is 17.7. The highest BCUT2D eigenvalue weighted by atomic mass is 19.1. The van der Waals surface area contributed by atoms with E-state index in [1.54, 1.807) is 24.5 Å². The molecule has 1 aromatic carbocycles. The lowest BCUT2D eigenvalue weighted by atomic mass is 9.94. The molecular formula is C24H26FN5O. The molecule has 1 saturated heterocycles. The molecule has 0 spiro atoms. The molecule has 5 rings (SSSR count). The minimum atomic E-state index is -0.270. The lowest BCUT2D eigenvalue weighted by molar-refractivity contribution is -0.138. The van der Waals surface area contributed by atoms with E-state index in [0.717, 1.165) is 54.0 Å². The first-order chi connectivity index (χ1) is 15.1. The molecule has 0 atom stereocenters. The summed E-state index contributed by atoms with van der Waals surface area (Å²) in [4.78, 5) is 21.7. The highest BCUT2D eigenvalue weighted by molar-refractivity contribution is 5.84. The molecular weight excluding hydrogens is 393 g/mol. The number of carbonyl (C=O) groups is 1. The van der Waals surface area contributed by atoms with Gasteiger partial charge in [-0.25, -0.2) is 4.39 Å². The average molecular weight is 420 g/mol. The number of likely N-dealkylation sites (tertiary alicyclic amines) is 1. The molecule has 2 aromatic heterocycles. The van der Waals surface area contributed by atoms with Crippen LogP contribution in [0.3, 0.4) is 0 Å². The van der Waals surface area contributed by atoms with Crippen molar-refractivity contribution in [2.75, 3.05) is 26.7 Å². The van der Waals surface area contributed by atoms with Gasteiger partial charge in [0.15, 0.2) is 0 Å². The zero-order chi connectivity index (χ0) is 21.4.